The molecule has 0 radical (unpaired) electrons. The van der Waals surface area contributed by atoms with Crippen molar-refractivity contribution in [1.29, 1.82) is 0 Å². The molecule has 0 spiro atoms. The maximum atomic E-state index is 11.5. The number of hydrogen-bond donors (Lipinski definition) is 0. The predicted octanol–water partition coefficient (Wildman–Crippen LogP) is 1.21. The molecule has 0 fully saturated rings. The van der Waals surface area contributed by atoms with Crippen molar-refractivity contribution < 1.29 is 9.53 Å². The van der Waals surface area contributed by atoms with Gasteiger partial charge in [-0.15, -0.1) is 0 Å². The van der Waals surface area contributed by atoms with Crippen LogP contribution in [0.4, 0.5) is 0 Å². The van der Waals surface area contributed by atoms with Gasteiger partial charge in [-0.25, -0.2) is 14.8 Å². The van der Waals surface area contributed by atoms with Crippen molar-refractivity contribution in [2.75, 3.05) is 6.61 Å². The standard InChI is InChI=1S/C10H11N3O2/c1-3-15-9(14)8-7(2)13-6-4-5-11-10(13)12-8/h4-6H,3H2,1-2H3. The number of ether oxygens (including phenoxy) is 1. The number of aryl methyl sites for hydroxylation is 1. The maximum Gasteiger partial charge on any atom is 0.358 e. The van der Waals surface area contributed by atoms with E-state index in [1.165, 1.54) is 0 Å². The minimum atomic E-state index is -0.402. The lowest BCUT2D eigenvalue weighted by atomic mass is 10.3. The Morgan fingerprint density at radius 3 is 3.07 bits per heavy atom. The lowest BCUT2D eigenvalue weighted by Gasteiger charge is -1.98. The van der Waals surface area contributed by atoms with Crippen LogP contribution in [0.25, 0.3) is 5.78 Å². The third-order valence-electron chi connectivity index (χ3n) is 2.11. The third kappa shape index (κ3) is 1.56. The van der Waals surface area contributed by atoms with Crippen molar-refractivity contribution in [2.24, 2.45) is 0 Å². The Morgan fingerprint density at radius 2 is 2.40 bits per heavy atom. The molecule has 0 aliphatic carbocycles. The molecule has 0 atom stereocenters. The van der Waals surface area contributed by atoms with Crippen LogP contribution in [0.5, 0.6) is 0 Å². The van der Waals surface area contributed by atoms with Gasteiger partial charge in [0.25, 0.3) is 0 Å². The van der Waals surface area contributed by atoms with E-state index in [1.807, 2.05) is 13.1 Å². The fourth-order valence-electron chi connectivity index (χ4n) is 1.40. The molecule has 0 N–H and O–H groups in total. The molecule has 0 bridgehead atoms. The SMILES string of the molecule is CCOC(=O)c1nc2ncccn2c1C. The molecule has 2 rings (SSSR count). The minimum absolute atomic E-state index is 0.329. The Hall–Kier alpha value is -1.91. The second-order valence-electron chi connectivity index (χ2n) is 3.06. The number of carbonyl (C=O) groups excluding carboxylic acids is 1. The summed E-state index contributed by atoms with van der Waals surface area (Å²) < 4.78 is 6.65. The van der Waals surface area contributed by atoms with Gasteiger partial charge >= 0.3 is 5.97 Å². The highest BCUT2D eigenvalue weighted by atomic mass is 16.5. The second kappa shape index (κ2) is 3.68. The van der Waals surface area contributed by atoms with Crippen molar-refractivity contribution in [2.45, 2.75) is 13.8 Å². The Balaban J connectivity index is 2.53. The number of rotatable bonds is 2. The summed E-state index contributed by atoms with van der Waals surface area (Å²) in [5, 5.41) is 0. The van der Waals surface area contributed by atoms with Gasteiger partial charge in [-0.2, -0.15) is 0 Å². The zero-order chi connectivity index (χ0) is 10.8. The number of nitrogens with zero attached hydrogens (tertiary/aromatic N) is 3. The zero-order valence-corrected chi connectivity index (χ0v) is 8.60. The molecular formula is C10H11N3O2. The van der Waals surface area contributed by atoms with E-state index >= 15 is 0 Å². The van der Waals surface area contributed by atoms with Crippen LogP contribution in [0.15, 0.2) is 18.5 Å². The molecule has 0 aliphatic rings. The monoisotopic (exact) mass is 205 g/mol. The van der Waals surface area contributed by atoms with Gasteiger partial charge in [0.15, 0.2) is 5.69 Å². The first-order valence-electron chi connectivity index (χ1n) is 4.71. The Bertz CT molecular complexity index is 504. The van der Waals surface area contributed by atoms with E-state index in [1.54, 1.807) is 23.6 Å². The Labute approximate surface area is 86.7 Å². The van der Waals surface area contributed by atoms with Crippen LogP contribution in [-0.4, -0.2) is 26.9 Å². The fourth-order valence-corrected chi connectivity index (χ4v) is 1.40. The first kappa shape index (κ1) is 9.64. The van der Waals surface area contributed by atoms with Crippen LogP contribution in [0.1, 0.15) is 23.1 Å². The molecule has 2 aromatic rings. The van der Waals surface area contributed by atoms with E-state index in [0.29, 0.717) is 18.1 Å². The van der Waals surface area contributed by atoms with Crippen LogP contribution in [0, 0.1) is 6.92 Å². The topological polar surface area (TPSA) is 56.5 Å². The summed E-state index contributed by atoms with van der Waals surface area (Å²) >= 11 is 0. The molecule has 2 aromatic heterocycles. The number of esters is 1. The average Bonchev–Trinajstić information content (AvgIpc) is 2.57. The van der Waals surface area contributed by atoms with E-state index in [2.05, 4.69) is 9.97 Å². The van der Waals surface area contributed by atoms with Crippen LogP contribution in [-0.2, 0) is 4.74 Å². The van der Waals surface area contributed by atoms with Gasteiger partial charge in [-0.1, -0.05) is 0 Å². The lowest BCUT2D eigenvalue weighted by Crippen LogP contribution is -2.06. The molecule has 0 amide bonds. The van der Waals surface area contributed by atoms with Gasteiger partial charge in [0, 0.05) is 12.4 Å². The maximum absolute atomic E-state index is 11.5. The smallest absolute Gasteiger partial charge is 0.358 e. The van der Waals surface area contributed by atoms with Gasteiger partial charge in [-0.3, -0.25) is 4.40 Å². The van der Waals surface area contributed by atoms with Crippen LogP contribution >= 0.6 is 0 Å². The number of imidazole rings is 1. The highest BCUT2D eigenvalue weighted by Gasteiger charge is 2.16. The van der Waals surface area contributed by atoms with Crippen LogP contribution in [0.2, 0.25) is 0 Å². The van der Waals surface area contributed by atoms with Gasteiger partial charge < -0.3 is 4.74 Å². The molecule has 15 heavy (non-hydrogen) atoms. The summed E-state index contributed by atoms with van der Waals surface area (Å²) in [5.41, 5.74) is 1.08. The van der Waals surface area contributed by atoms with E-state index < -0.39 is 5.97 Å². The molecule has 0 saturated heterocycles. The first-order valence-corrected chi connectivity index (χ1v) is 4.71. The first-order chi connectivity index (χ1) is 7.24. The van der Waals surface area contributed by atoms with Crippen LogP contribution < -0.4 is 0 Å². The molecule has 0 aliphatic heterocycles. The number of aromatic nitrogens is 3. The largest absolute Gasteiger partial charge is 0.461 e. The Morgan fingerprint density at radius 1 is 1.60 bits per heavy atom. The van der Waals surface area contributed by atoms with E-state index in [4.69, 9.17) is 4.74 Å². The summed E-state index contributed by atoms with van der Waals surface area (Å²) in [5.74, 6) is 0.110. The number of carbonyl (C=O) groups is 1. The highest BCUT2D eigenvalue weighted by molar-refractivity contribution is 5.89. The molecular weight excluding hydrogens is 194 g/mol. The van der Waals surface area contributed by atoms with Gasteiger partial charge in [0.1, 0.15) is 0 Å². The fraction of sp³-hybridized carbons (Fsp3) is 0.300. The van der Waals surface area contributed by atoms with Gasteiger partial charge in [-0.05, 0) is 19.9 Å². The molecule has 5 heteroatoms. The predicted molar refractivity (Wildman–Crippen MR) is 53.7 cm³/mol. The minimum Gasteiger partial charge on any atom is -0.461 e. The summed E-state index contributed by atoms with van der Waals surface area (Å²) in [4.78, 5) is 19.7. The number of fused-ring (bicyclic) bond motifs is 1. The van der Waals surface area contributed by atoms with E-state index in [9.17, 15) is 4.79 Å². The Kier molecular flexibility index (Phi) is 2.37. The average molecular weight is 205 g/mol. The molecule has 5 nitrogen and oxygen atoms in total. The highest BCUT2D eigenvalue weighted by Crippen LogP contribution is 2.10. The van der Waals surface area contributed by atoms with E-state index in [0.717, 1.165) is 5.69 Å². The molecule has 0 unspecified atom stereocenters. The van der Waals surface area contributed by atoms with Crippen molar-refractivity contribution in [3.63, 3.8) is 0 Å². The number of hydrogen-bond acceptors (Lipinski definition) is 4. The van der Waals surface area contributed by atoms with Gasteiger partial charge in [0.05, 0.1) is 12.3 Å². The molecule has 0 aromatic carbocycles. The molecule has 2 heterocycles. The summed E-state index contributed by atoms with van der Waals surface area (Å²) in [6, 6.07) is 1.79. The van der Waals surface area contributed by atoms with Gasteiger partial charge in [0.2, 0.25) is 5.78 Å². The lowest BCUT2D eigenvalue weighted by molar-refractivity contribution is 0.0519. The van der Waals surface area contributed by atoms with Crippen LogP contribution in [0.3, 0.4) is 0 Å². The summed E-state index contributed by atoms with van der Waals surface area (Å²) in [7, 11) is 0. The van der Waals surface area contributed by atoms with E-state index in [-0.39, 0.29) is 0 Å². The zero-order valence-electron chi connectivity index (χ0n) is 8.60. The molecule has 78 valence electrons. The summed E-state index contributed by atoms with van der Waals surface area (Å²) in [6.45, 7) is 3.93. The second-order valence-corrected chi connectivity index (χ2v) is 3.06. The molecule has 0 saturated carbocycles. The van der Waals surface area contributed by atoms with Crippen molar-refractivity contribution in [3.05, 3.63) is 29.8 Å². The van der Waals surface area contributed by atoms with Crippen molar-refractivity contribution in [1.82, 2.24) is 14.4 Å². The normalized spacial score (nSPS) is 10.5. The summed E-state index contributed by atoms with van der Waals surface area (Å²) in [6.07, 6.45) is 3.45. The third-order valence-corrected chi connectivity index (χ3v) is 2.11. The van der Waals surface area contributed by atoms with Crippen molar-refractivity contribution in [3.8, 4) is 0 Å². The quantitative estimate of drug-likeness (QED) is 0.691. The van der Waals surface area contributed by atoms with Crippen molar-refractivity contribution >= 4 is 11.7 Å².